The second-order valence-corrected chi connectivity index (χ2v) is 7.34. The Morgan fingerprint density at radius 1 is 1.00 bits per heavy atom. The minimum absolute atomic E-state index is 0.610. The van der Waals surface area contributed by atoms with Gasteiger partial charge < -0.3 is 8.94 Å². The fraction of sp³-hybridized carbons (Fsp3) is 0.250. The number of nitrogens with zero attached hydrogens (tertiary/aromatic N) is 3. The highest BCUT2D eigenvalue weighted by molar-refractivity contribution is 7.98. The first kappa shape index (κ1) is 15.6. The summed E-state index contributed by atoms with van der Waals surface area (Å²) >= 11 is 1.68. The molecule has 5 rings (SSSR count). The molecule has 6 heteroatoms. The van der Waals surface area contributed by atoms with Crippen LogP contribution in [0.5, 0.6) is 0 Å². The summed E-state index contributed by atoms with van der Waals surface area (Å²) < 4.78 is 11.0. The fourth-order valence-corrected chi connectivity index (χ4v) is 4.35. The molecule has 4 aromatic rings. The van der Waals surface area contributed by atoms with Gasteiger partial charge in [0.25, 0.3) is 0 Å². The lowest BCUT2D eigenvalue weighted by atomic mass is 9.97. The number of thioether (sulfide) groups is 1. The van der Waals surface area contributed by atoms with Gasteiger partial charge in [-0.3, -0.25) is 0 Å². The maximum atomic E-state index is 5.53. The van der Waals surface area contributed by atoms with Crippen LogP contribution in [-0.2, 0) is 18.6 Å². The van der Waals surface area contributed by atoms with Gasteiger partial charge in [0.1, 0.15) is 10.8 Å². The van der Waals surface area contributed by atoms with E-state index in [0.717, 1.165) is 46.0 Å². The maximum Gasteiger partial charge on any atom is 0.197 e. The number of para-hydroxylation sites is 1. The van der Waals surface area contributed by atoms with Gasteiger partial charge >= 0.3 is 0 Å². The molecule has 0 saturated carbocycles. The molecule has 0 N–H and O–H groups in total. The van der Waals surface area contributed by atoms with Gasteiger partial charge in [-0.1, -0.05) is 35.1 Å². The molecule has 1 aliphatic carbocycles. The number of benzene rings is 1. The molecule has 0 aliphatic heterocycles. The summed E-state index contributed by atoms with van der Waals surface area (Å²) in [5.74, 6) is 3.10. The topological polar surface area (TPSA) is 65.0 Å². The summed E-state index contributed by atoms with van der Waals surface area (Å²) in [6.07, 6.45) is 6.12. The maximum absolute atomic E-state index is 5.53. The van der Waals surface area contributed by atoms with E-state index in [-0.39, 0.29) is 0 Å². The van der Waals surface area contributed by atoms with E-state index < -0.39 is 0 Å². The highest BCUT2D eigenvalue weighted by Gasteiger charge is 2.20. The van der Waals surface area contributed by atoms with Gasteiger partial charge in [-0.25, -0.2) is 9.97 Å². The lowest BCUT2D eigenvalue weighted by Crippen LogP contribution is -2.01. The zero-order valence-electron chi connectivity index (χ0n) is 14.1. The lowest BCUT2D eigenvalue weighted by Gasteiger charge is -2.10. The van der Waals surface area contributed by atoms with Gasteiger partial charge in [-0.05, 0) is 37.5 Å². The number of hydrogen-bond acceptors (Lipinski definition) is 6. The third-order valence-electron chi connectivity index (χ3n) is 4.69. The number of fused-ring (bicyclic) bond motifs is 2. The molecule has 1 aliphatic rings. The average molecular weight is 363 g/mol. The third kappa shape index (κ3) is 2.80. The van der Waals surface area contributed by atoms with Gasteiger partial charge in [-0.15, -0.1) is 0 Å². The van der Waals surface area contributed by atoms with Crippen LogP contribution in [0.2, 0.25) is 0 Å². The molecule has 130 valence electrons. The van der Waals surface area contributed by atoms with Crippen molar-refractivity contribution in [2.75, 3.05) is 0 Å². The zero-order chi connectivity index (χ0) is 17.3. The fourth-order valence-electron chi connectivity index (χ4n) is 3.37. The van der Waals surface area contributed by atoms with Crippen molar-refractivity contribution in [2.24, 2.45) is 0 Å². The van der Waals surface area contributed by atoms with E-state index in [1.165, 1.54) is 18.4 Å². The Bertz CT molecular complexity index is 1060. The molecular weight excluding hydrogens is 346 g/mol. The Hall–Kier alpha value is -2.60. The van der Waals surface area contributed by atoms with Crippen LogP contribution in [0, 0.1) is 0 Å². The molecule has 0 spiro atoms. The second kappa shape index (κ2) is 6.61. The highest BCUT2D eigenvalue weighted by Crippen LogP contribution is 2.33. The summed E-state index contributed by atoms with van der Waals surface area (Å²) in [5, 5.41) is 6.29. The van der Waals surface area contributed by atoms with Crippen LogP contribution >= 0.6 is 11.8 Å². The number of rotatable bonds is 4. The molecule has 0 saturated heterocycles. The zero-order valence-corrected chi connectivity index (χ0v) is 15.0. The van der Waals surface area contributed by atoms with E-state index in [0.29, 0.717) is 11.6 Å². The SMILES string of the molecule is c1coc(-c2nc(SCc3noc4c3CCCC4)c3ccccc3n2)c1. The quantitative estimate of drug-likeness (QED) is 0.373. The predicted octanol–water partition coefficient (Wildman–Crippen LogP) is 5.05. The molecule has 0 bridgehead atoms. The van der Waals surface area contributed by atoms with Crippen LogP contribution in [0.25, 0.3) is 22.5 Å². The van der Waals surface area contributed by atoms with Crippen LogP contribution in [0.4, 0.5) is 0 Å². The van der Waals surface area contributed by atoms with Gasteiger partial charge in [0.05, 0.1) is 17.5 Å². The Morgan fingerprint density at radius 3 is 2.85 bits per heavy atom. The van der Waals surface area contributed by atoms with Crippen molar-refractivity contribution in [1.82, 2.24) is 15.1 Å². The van der Waals surface area contributed by atoms with E-state index in [2.05, 4.69) is 16.2 Å². The minimum atomic E-state index is 0.610. The van der Waals surface area contributed by atoms with Crippen LogP contribution < -0.4 is 0 Å². The first-order valence-electron chi connectivity index (χ1n) is 8.78. The molecular formula is C20H17N3O2S. The van der Waals surface area contributed by atoms with E-state index in [9.17, 15) is 0 Å². The molecule has 3 heterocycles. The van der Waals surface area contributed by atoms with Crippen molar-refractivity contribution in [3.63, 3.8) is 0 Å². The van der Waals surface area contributed by atoms with E-state index in [1.54, 1.807) is 18.0 Å². The van der Waals surface area contributed by atoms with Gasteiger partial charge in [0.15, 0.2) is 11.6 Å². The van der Waals surface area contributed by atoms with E-state index in [4.69, 9.17) is 13.9 Å². The summed E-state index contributed by atoms with van der Waals surface area (Å²) in [6, 6.07) is 11.8. The number of furan rings is 1. The summed E-state index contributed by atoms with van der Waals surface area (Å²) in [7, 11) is 0. The number of hydrogen-bond donors (Lipinski definition) is 0. The Kier molecular flexibility index (Phi) is 3.97. The predicted molar refractivity (Wildman–Crippen MR) is 99.9 cm³/mol. The molecule has 1 aromatic carbocycles. The second-order valence-electron chi connectivity index (χ2n) is 6.37. The highest BCUT2D eigenvalue weighted by atomic mass is 32.2. The van der Waals surface area contributed by atoms with Crippen LogP contribution in [0.3, 0.4) is 0 Å². The molecule has 0 fully saturated rings. The number of aryl methyl sites for hydroxylation is 1. The first-order chi connectivity index (χ1) is 12.9. The molecule has 0 radical (unpaired) electrons. The Balaban J connectivity index is 1.51. The van der Waals surface area contributed by atoms with E-state index >= 15 is 0 Å². The molecule has 0 unspecified atom stereocenters. The van der Waals surface area contributed by atoms with Crippen molar-refractivity contribution in [3.05, 3.63) is 59.7 Å². The van der Waals surface area contributed by atoms with Crippen LogP contribution in [0.15, 0.2) is 56.6 Å². The van der Waals surface area contributed by atoms with Gasteiger partial charge in [0.2, 0.25) is 0 Å². The molecule has 0 atom stereocenters. The smallest absolute Gasteiger partial charge is 0.197 e. The monoisotopic (exact) mass is 363 g/mol. The summed E-state index contributed by atoms with van der Waals surface area (Å²) in [4.78, 5) is 9.40. The number of aromatic nitrogens is 3. The van der Waals surface area contributed by atoms with Crippen molar-refractivity contribution in [2.45, 2.75) is 36.5 Å². The minimum Gasteiger partial charge on any atom is -0.461 e. The lowest BCUT2D eigenvalue weighted by molar-refractivity contribution is 0.369. The van der Waals surface area contributed by atoms with Crippen LogP contribution in [0.1, 0.15) is 29.9 Å². The van der Waals surface area contributed by atoms with Gasteiger partial charge in [-0.2, -0.15) is 0 Å². The standard InChI is InChI=1S/C20H17N3O2S/c1-3-8-15-14(7-1)20(22-19(21-15)18-10-5-11-24-18)26-12-16-13-6-2-4-9-17(13)25-23-16/h1,3,5,7-8,10-11H,2,4,6,9,12H2. The van der Waals surface area contributed by atoms with Gasteiger partial charge in [0, 0.05) is 23.1 Å². The average Bonchev–Trinajstić information content (AvgIpc) is 3.36. The Labute approximate surface area is 154 Å². The molecule has 26 heavy (non-hydrogen) atoms. The Morgan fingerprint density at radius 2 is 1.92 bits per heavy atom. The normalized spacial score (nSPS) is 13.8. The first-order valence-corrected chi connectivity index (χ1v) is 9.77. The molecule has 0 amide bonds. The summed E-state index contributed by atoms with van der Waals surface area (Å²) in [6.45, 7) is 0. The van der Waals surface area contributed by atoms with Crippen molar-refractivity contribution < 1.29 is 8.94 Å². The van der Waals surface area contributed by atoms with Crippen molar-refractivity contribution >= 4 is 22.7 Å². The third-order valence-corrected chi connectivity index (χ3v) is 5.69. The van der Waals surface area contributed by atoms with Crippen molar-refractivity contribution in [3.8, 4) is 11.6 Å². The largest absolute Gasteiger partial charge is 0.461 e. The van der Waals surface area contributed by atoms with Crippen molar-refractivity contribution in [1.29, 1.82) is 0 Å². The molecule has 5 nitrogen and oxygen atoms in total. The summed E-state index contributed by atoms with van der Waals surface area (Å²) in [5.41, 5.74) is 3.26. The van der Waals surface area contributed by atoms with E-state index in [1.807, 2.05) is 30.3 Å². The van der Waals surface area contributed by atoms with Crippen LogP contribution in [-0.4, -0.2) is 15.1 Å². The molecule has 3 aromatic heterocycles.